The van der Waals surface area contributed by atoms with Crippen LogP contribution < -0.4 is 20.1 Å². The molecule has 1 aromatic carbocycles. The maximum Gasteiger partial charge on any atom is 0.191 e. The molecule has 2 aromatic rings. The van der Waals surface area contributed by atoms with Gasteiger partial charge < -0.3 is 24.7 Å². The van der Waals surface area contributed by atoms with E-state index in [1.165, 1.54) is 31.2 Å². The van der Waals surface area contributed by atoms with Crippen molar-refractivity contribution in [2.45, 2.75) is 58.0 Å². The van der Waals surface area contributed by atoms with E-state index < -0.39 is 0 Å². The Morgan fingerprint density at radius 3 is 2.78 bits per heavy atom. The van der Waals surface area contributed by atoms with Crippen LogP contribution in [-0.2, 0) is 19.4 Å². The maximum absolute atomic E-state index is 5.43. The lowest BCUT2D eigenvalue weighted by molar-refractivity contribution is 0.354. The lowest BCUT2D eigenvalue weighted by Gasteiger charge is -2.25. The summed E-state index contributed by atoms with van der Waals surface area (Å²) in [7, 11) is 3.32. The number of nitrogens with zero attached hydrogens (tertiary/aromatic N) is 4. The zero-order valence-corrected chi connectivity index (χ0v) is 19.5. The molecule has 2 bridgehead atoms. The molecule has 2 aliphatic rings. The fourth-order valence-electron chi connectivity index (χ4n) is 5.12. The van der Waals surface area contributed by atoms with Crippen LogP contribution in [0.1, 0.15) is 44.0 Å². The first-order valence-electron chi connectivity index (χ1n) is 11.8. The number of guanidine groups is 1. The van der Waals surface area contributed by atoms with Crippen LogP contribution in [-0.4, -0.2) is 54.1 Å². The van der Waals surface area contributed by atoms with Crippen molar-refractivity contribution in [1.29, 1.82) is 0 Å². The third-order valence-corrected chi connectivity index (χ3v) is 6.84. The van der Waals surface area contributed by atoms with Crippen LogP contribution in [0.15, 0.2) is 29.5 Å². The highest BCUT2D eigenvalue weighted by atomic mass is 16.5. The molecule has 0 aliphatic heterocycles. The van der Waals surface area contributed by atoms with Crippen LogP contribution in [0.3, 0.4) is 0 Å². The van der Waals surface area contributed by atoms with Crippen molar-refractivity contribution in [1.82, 2.24) is 25.4 Å². The third kappa shape index (κ3) is 5.34. The normalized spacial score (nSPS) is 22.2. The van der Waals surface area contributed by atoms with Crippen molar-refractivity contribution in [3.8, 4) is 11.5 Å². The first-order chi connectivity index (χ1) is 15.7. The van der Waals surface area contributed by atoms with Gasteiger partial charge in [0, 0.05) is 32.1 Å². The van der Waals surface area contributed by atoms with E-state index in [1.807, 2.05) is 12.1 Å². The molecular weight excluding hydrogens is 404 g/mol. The minimum atomic E-state index is 0.544. The van der Waals surface area contributed by atoms with Crippen LogP contribution in [0.4, 0.5) is 0 Å². The summed E-state index contributed by atoms with van der Waals surface area (Å²) < 4.78 is 12.9. The standard InChI is InChI=1S/C24H36N6O2/c1-4-23-29-27-16-30(23)12-11-26-24(28-20-14-18-5-7-19(20)13-18)25-10-9-17-6-8-21(31-2)22(15-17)32-3/h6,8,15-16,18-20H,4-5,7,9-14H2,1-3H3,(H2,25,26,28). The van der Waals surface area contributed by atoms with Crippen LogP contribution in [0.5, 0.6) is 11.5 Å². The summed E-state index contributed by atoms with van der Waals surface area (Å²) in [4.78, 5) is 4.91. The van der Waals surface area contributed by atoms with Crippen LogP contribution in [0.2, 0.25) is 0 Å². The largest absolute Gasteiger partial charge is 0.493 e. The summed E-state index contributed by atoms with van der Waals surface area (Å²) in [5, 5.41) is 15.5. The molecule has 32 heavy (non-hydrogen) atoms. The minimum Gasteiger partial charge on any atom is -0.493 e. The molecule has 174 valence electrons. The molecule has 3 atom stereocenters. The minimum absolute atomic E-state index is 0.544. The number of methoxy groups -OCH3 is 2. The number of aliphatic imine (C=N–C) groups is 1. The summed E-state index contributed by atoms with van der Waals surface area (Å²) in [5.41, 5.74) is 1.18. The molecular formula is C24H36N6O2. The van der Waals surface area contributed by atoms with Gasteiger partial charge in [-0.2, -0.15) is 0 Å². The molecule has 4 rings (SSSR count). The van der Waals surface area contributed by atoms with Gasteiger partial charge in [-0.25, -0.2) is 0 Å². The molecule has 2 N–H and O–H groups in total. The van der Waals surface area contributed by atoms with Gasteiger partial charge in [-0.15, -0.1) is 10.2 Å². The molecule has 0 radical (unpaired) electrons. The molecule has 0 spiro atoms. The summed E-state index contributed by atoms with van der Waals surface area (Å²) in [5.74, 6) is 5.12. The van der Waals surface area contributed by atoms with E-state index in [0.29, 0.717) is 12.6 Å². The summed E-state index contributed by atoms with van der Waals surface area (Å²) >= 11 is 0. The van der Waals surface area contributed by atoms with Gasteiger partial charge in [-0.05, 0) is 55.2 Å². The zero-order valence-electron chi connectivity index (χ0n) is 19.5. The van der Waals surface area contributed by atoms with Crippen molar-refractivity contribution < 1.29 is 9.47 Å². The molecule has 3 unspecified atom stereocenters. The lowest BCUT2D eigenvalue weighted by atomic mass is 9.95. The molecule has 2 fully saturated rings. The number of ether oxygens (including phenoxy) is 2. The van der Waals surface area contributed by atoms with Crippen molar-refractivity contribution in [3.63, 3.8) is 0 Å². The number of benzene rings is 1. The number of aromatic nitrogens is 3. The van der Waals surface area contributed by atoms with Crippen molar-refractivity contribution >= 4 is 5.96 Å². The van der Waals surface area contributed by atoms with Gasteiger partial charge in [0.05, 0.1) is 14.2 Å². The first-order valence-corrected chi connectivity index (χ1v) is 11.8. The van der Waals surface area contributed by atoms with Gasteiger partial charge in [0.1, 0.15) is 12.2 Å². The Hall–Kier alpha value is -2.77. The van der Waals surface area contributed by atoms with Gasteiger partial charge >= 0.3 is 0 Å². The van der Waals surface area contributed by atoms with Gasteiger partial charge in [0.2, 0.25) is 0 Å². The van der Waals surface area contributed by atoms with E-state index in [9.17, 15) is 0 Å². The molecule has 2 saturated carbocycles. The number of nitrogens with one attached hydrogen (secondary N) is 2. The van der Waals surface area contributed by atoms with Crippen LogP contribution in [0, 0.1) is 11.8 Å². The Balaban J connectivity index is 1.36. The second-order valence-electron chi connectivity index (χ2n) is 8.82. The quantitative estimate of drug-likeness (QED) is 0.437. The number of fused-ring (bicyclic) bond motifs is 2. The van der Waals surface area contributed by atoms with E-state index in [-0.39, 0.29) is 0 Å². The Bertz CT molecular complexity index is 912. The predicted molar refractivity (Wildman–Crippen MR) is 125 cm³/mol. The molecule has 1 aromatic heterocycles. The predicted octanol–water partition coefficient (Wildman–Crippen LogP) is 2.82. The molecule has 8 nitrogen and oxygen atoms in total. The highest BCUT2D eigenvalue weighted by Crippen LogP contribution is 2.44. The van der Waals surface area contributed by atoms with Gasteiger partial charge in [0.25, 0.3) is 0 Å². The van der Waals surface area contributed by atoms with Gasteiger partial charge in [0.15, 0.2) is 17.5 Å². The highest BCUT2D eigenvalue weighted by molar-refractivity contribution is 5.80. The summed E-state index contributed by atoms with van der Waals surface area (Å²) in [6.07, 6.45) is 8.92. The SMILES string of the molecule is CCc1nncn1CCNC(=NCCc1ccc(OC)c(OC)c1)NC1CC2CCC1C2. The van der Waals surface area contributed by atoms with E-state index in [1.54, 1.807) is 20.5 Å². The van der Waals surface area contributed by atoms with Gasteiger partial charge in [-0.3, -0.25) is 4.99 Å². The smallest absolute Gasteiger partial charge is 0.191 e. The van der Waals surface area contributed by atoms with Gasteiger partial charge in [-0.1, -0.05) is 19.4 Å². The molecule has 2 aliphatic carbocycles. The van der Waals surface area contributed by atoms with Crippen molar-refractivity contribution in [3.05, 3.63) is 35.9 Å². The van der Waals surface area contributed by atoms with Crippen molar-refractivity contribution in [2.24, 2.45) is 16.8 Å². The van der Waals surface area contributed by atoms with E-state index >= 15 is 0 Å². The van der Waals surface area contributed by atoms with Crippen molar-refractivity contribution in [2.75, 3.05) is 27.3 Å². The summed E-state index contributed by atoms with van der Waals surface area (Å²) in [6, 6.07) is 6.60. The third-order valence-electron chi connectivity index (χ3n) is 6.84. The average molecular weight is 441 g/mol. The number of hydrogen-bond donors (Lipinski definition) is 2. The maximum atomic E-state index is 5.43. The molecule has 8 heteroatoms. The summed E-state index contributed by atoms with van der Waals surface area (Å²) in [6.45, 7) is 4.42. The van der Waals surface area contributed by atoms with E-state index in [0.717, 1.165) is 61.0 Å². The highest BCUT2D eigenvalue weighted by Gasteiger charge is 2.39. The van der Waals surface area contributed by atoms with E-state index in [4.69, 9.17) is 14.5 Å². The number of aryl methyl sites for hydroxylation is 1. The Kier molecular flexibility index (Phi) is 7.50. The molecule has 0 amide bonds. The van der Waals surface area contributed by atoms with Crippen LogP contribution >= 0.6 is 0 Å². The fraction of sp³-hybridized carbons (Fsp3) is 0.625. The van der Waals surface area contributed by atoms with E-state index in [2.05, 4.69) is 38.4 Å². The number of rotatable bonds is 10. The monoisotopic (exact) mass is 440 g/mol. The Labute approximate surface area is 190 Å². The second-order valence-corrected chi connectivity index (χ2v) is 8.82. The van der Waals surface area contributed by atoms with Crippen LogP contribution in [0.25, 0.3) is 0 Å². The molecule has 1 heterocycles. The fourth-order valence-corrected chi connectivity index (χ4v) is 5.12. The Morgan fingerprint density at radius 1 is 1.19 bits per heavy atom. The lowest BCUT2D eigenvalue weighted by Crippen LogP contribution is -2.46. The Morgan fingerprint density at radius 2 is 2.06 bits per heavy atom. The average Bonchev–Trinajstić information content (AvgIpc) is 3.56. The topological polar surface area (TPSA) is 85.6 Å². The molecule has 0 saturated heterocycles. The zero-order chi connectivity index (χ0) is 22.3. The first kappa shape index (κ1) is 22.4. The number of hydrogen-bond acceptors (Lipinski definition) is 5. The second kappa shape index (κ2) is 10.7.